The predicted octanol–water partition coefficient (Wildman–Crippen LogP) is 1.56. The van der Waals surface area contributed by atoms with Crippen molar-refractivity contribution in [2.45, 2.75) is 24.9 Å². The monoisotopic (exact) mass is 311 g/mol. The Labute approximate surface area is 123 Å². The highest BCUT2D eigenvalue weighted by Gasteiger charge is 2.43. The number of ether oxygens (including phenoxy) is 1. The first kappa shape index (κ1) is 14.6. The Hall–Kier alpha value is -2.35. The van der Waals surface area contributed by atoms with E-state index in [9.17, 15) is 23.2 Å². The molecular formula is C14H11F2NO5. The van der Waals surface area contributed by atoms with Crippen molar-refractivity contribution in [2.24, 2.45) is 0 Å². The summed E-state index contributed by atoms with van der Waals surface area (Å²) in [6.07, 6.45) is -1.98. The molecule has 1 aromatic rings. The van der Waals surface area contributed by atoms with E-state index in [1.54, 1.807) is 12.1 Å². The van der Waals surface area contributed by atoms with E-state index in [1.807, 2.05) is 0 Å². The number of fused-ring (bicyclic) bond motifs is 1. The fourth-order valence-corrected chi connectivity index (χ4v) is 2.30. The van der Waals surface area contributed by atoms with Crippen molar-refractivity contribution in [3.63, 3.8) is 0 Å². The number of carbonyl (C=O) groups excluding carboxylic acids is 3. The molecule has 2 heterocycles. The van der Waals surface area contributed by atoms with Crippen molar-refractivity contribution in [3.8, 4) is 0 Å². The molecule has 116 valence electrons. The van der Waals surface area contributed by atoms with Crippen molar-refractivity contribution in [1.82, 2.24) is 5.06 Å². The molecular weight excluding hydrogens is 300 g/mol. The van der Waals surface area contributed by atoms with Crippen LogP contribution >= 0.6 is 0 Å². The average Bonchev–Trinajstić information content (AvgIpc) is 2.73. The van der Waals surface area contributed by atoms with Gasteiger partial charge in [0.25, 0.3) is 17.7 Å². The highest BCUT2D eigenvalue weighted by atomic mass is 19.3. The van der Waals surface area contributed by atoms with Gasteiger partial charge in [0.2, 0.25) is 0 Å². The number of imide groups is 1. The minimum atomic E-state index is -2.98. The number of alkyl halides is 2. The Morgan fingerprint density at radius 2 is 1.82 bits per heavy atom. The molecule has 1 fully saturated rings. The van der Waals surface area contributed by atoms with Gasteiger partial charge in [0.1, 0.15) is 6.61 Å². The second-order valence-corrected chi connectivity index (χ2v) is 5.05. The Morgan fingerprint density at radius 3 is 2.32 bits per heavy atom. The molecule has 1 atom stereocenters. The maximum atomic E-state index is 13.0. The highest BCUT2D eigenvalue weighted by Crippen LogP contribution is 2.29. The topological polar surface area (TPSA) is 72.9 Å². The maximum absolute atomic E-state index is 13.0. The summed E-state index contributed by atoms with van der Waals surface area (Å²) in [6.45, 7) is -0.894. The zero-order valence-corrected chi connectivity index (χ0v) is 11.3. The quantitative estimate of drug-likeness (QED) is 0.775. The lowest BCUT2D eigenvalue weighted by atomic mass is 10.1. The van der Waals surface area contributed by atoms with Crippen LogP contribution in [0.1, 0.15) is 33.6 Å². The molecule has 3 rings (SSSR count). The summed E-state index contributed by atoms with van der Waals surface area (Å²) in [5.41, 5.74) is 0.243. The molecule has 1 saturated heterocycles. The molecule has 0 saturated carbocycles. The molecule has 0 aliphatic carbocycles. The number of amides is 2. The van der Waals surface area contributed by atoms with Gasteiger partial charge in [0, 0.05) is 6.42 Å². The molecule has 22 heavy (non-hydrogen) atoms. The zero-order valence-electron chi connectivity index (χ0n) is 11.3. The molecule has 1 unspecified atom stereocenters. The van der Waals surface area contributed by atoms with Crippen LogP contribution in [-0.4, -0.2) is 41.5 Å². The predicted molar refractivity (Wildman–Crippen MR) is 67.0 cm³/mol. The van der Waals surface area contributed by atoms with Gasteiger partial charge in [-0.1, -0.05) is 17.2 Å². The van der Waals surface area contributed by atoms with Gasteiger partial charge in [0.15, 0.2) is 6.10 Å². The first-order chi connectivity index (χ1) is 10.4. The molecule has 8 heteroatoms. The first-order valence-electron chi connectivity index (χ1n) is 6.58. The Morgan fingerprint density at radius 1 is 1.23 bits per heavy atom. The zero-order chi connectivity index (χ0) is 15.9. The Balaban J connectivity index is 1.69. The maximum Gasteiger partial charge on any atom is 0.361 e. The summed E-state index contributed by atoms with van der Waals surface area (Å²) in [5.74, 6) is -5.55. The molecule has 0 aromatic heterocycles. The molecule has 0 N–H and O–H groups in total. The van der Waals surface area contributed by atoms with Crippen LogP contribution in [0.3, 0.4) is 0 Å². The van der Waals surface area contributed by atoms with Gasteiger partial charge >= 0.3 is 5.97 Å². The summed E-state index contributed by atoms with van der Waals surface area (Å²) in [4.78, 5) is 40.6. The number of benzene rings is 1. The van der Waals surface area contributed by atoms with Crippen LogP contribution in [0.5, 0.6) is 0 Å². The minimum Gasteiger partial charge on any atom is -0.360 e. The summed E-state index contributed by atoms with van der Waals surface area (Å²) in [6, 6.07) is 6.01. The third kappa shape index (κ3) is 2.45. The number of nitrogens with zero attached hydrogens (tertiary/aromatic N) is 1. The van der Waals surface area contributed by atoms with Crippen LogP contribution in [0, 0.1) is 0 Å². The lowest BCUT2D eigenvalue weighted by Gasteiger charge is -2.27. The van der Waals surface area contributed by atoms with Crippen molar-refractivity contribution < 1.29 is 32.7 Å². The van der Waals surface area contributed by atoms with E-state index in [0.29, 0.717) is 5.06 Å². The Kier molecular flexibility index (Phi) is 3.40. The molecule has 2 aliphatic rings. The molecule has 2 aliphatic heterocycles. The first-order valence-corrected chi connectivity index (χ1v) is 6.58. The molecule has 1 aromatic carbocycles. The molecule has 6 nitrogen and oxygen atoms in total. The van der Waals surface area contributed by atoms with Gasteiger partial charge in [-0.2, -0.15) is 0 Å². The summed E-state index contributed by atoms with van der Waals surface area (Å²) >= 11 is 0. The lowest BCUT2D eigenvalue weighted by Crippen LogP contribution is -2.43. The van der Waals surface area contributed by atoms with Crippen LogP contribution < -0.4 is 0 Å². The molecule has 0 radical (unpaired) electrons. The summed E-state index contributed by atoms with van der Waals surface area (Å²) in [5, 5.41) is 0.336. The lowest BCUT2D eigenvalue weighted by molar-refractivity contribution is -0.198. The number of carbonyl (C=O) groups is 3. The standard InChI is InChI=1S/C14H11F2NO5/c15-14(16)6-5-10(21-7-14)13(20)22-17-11(18)8-3-1-2-4-9(8)12(17)19/h1-4,10H,5-7H2. The van der Waals surface area contributed by atoms with E-state index in [-0.39, 0.29) is 17.5 Å². The normalized spacial score (nSPS) is 23.4. The van der Waals surface area contributed by atoms with Gasteiger partial charge in [-0.25, -0.2) is 13.6 Å². The van der Waals surface area contributed by atoms with Crippen LogP contribution in [0.2, 0.25) is 0 Å². The fourth-order valence-electron chi connectivity index (χ4n) is 2.30. The number of hydrogen-bond acceptors (Lipinski definition) is 5. The minimum absolute atomic E-state index is 0.122. The van der Waals surface area contributed by atoms with Crippen molar-refractivity contribution >= 4 is 17.8 Å². The van der Waals surface area contributed by atoms with Crippen molar-refractivity contribution in [2.75, 3.05) is 6.61 Å². The third-order valence-electron chi connectivity index (χ3n) is 3.47. The highest BCUT2D eigenvalue weighted by molar-refractivity contribution is 6.20. The third-order valence-corrected chi connectivity index (χ3v) is 3.47. The fraction of sp³-hybridized carbons (Fsp3) is 0.357. The van der Waals surface area contributed by atoms with Crippen molar-refractivity contribution in [3.05, 3.63) is 35.4 Å². The second kappa shape index (κ2) is 5.13. The van der Waals surface area contributed by atoms with Crippen molar-refractivity contribution in [1.29, 1.82) is 0 Å². The van der Waals surface area contributed by atoms with E-state index >= 15 is 0 Å². The smallest absolute Gasteiger partial charge is 0.360 e. The second-order valence-electron chi connectivity index (χ2n) is 5.05. The van der Waals surface area contributed by atoms with E-state index in [2.05, 4.69) is 0 Å². The number of hydroxylamine groups is 2. The Bertz CT molecular complexity index is 615. The van der Waals surface area contributed by atoms with Gasteiger partial charge in [-0.3, -0.25) is 9.59 Å². The van der Waals surface area contributed by atoms with Gasteiger partial charge in [-0.05, 0) is 18.6 Å². The largest absolute Gasteiger partial charge is 0.361 e. The number of hydrogen-bond donors (Lipinski definition) is 0. The van der Waals surface area contributed by atoms with Crippen LogP contribution in [0.15, 0.2) is 24.3 Å². The summed E-state index contributed by atoms with van der Waals surface area (Å²) in [7, 11) is 0. The molecule has 0 spiro atoms. The molecule has 2 amide bonds. The van der Waals surface area contributed by atoms with Crippen LogP contribution in [0.25, 0.3) is 0 Å². The van der Waals surface area contributed by atoms with E-state index < -0.39 is 42.8 Å². The van der Waals surface area contributed by atoms with E-state index in [4.69, 9.17) is 9.57 Å². The SMILES string of the molecule is O=C(ON1C(=O)c2ccccc2C1=O)C1CCC(F)(F)CO1. The van der Waals surface area contributed by atoms with Crippen LogP contribution in [-0.2, 0) is 14.4 Å². The average molecular weight is 311 g/mol. The summed E-state index contributed by atoms with van der Waals surface area (Å²) < 4.78 is 30.6. The molecule has 0 bridgehead atoms. The number of halogens is 2. The van der Waals surface area contributed by atoms with Gasteiger partial charge in [-0.15, -0.1) is 0 Å². The van der Waals surface area contributed by atoms with E-state index in [1.165, 1.54) is 12.1 Å². The number of rotatable bonds is 2. The van der Waals surface area contributed by atoms with Crippen LogP contribution in [0.4, 0.5) is 8.78 Å². The van der Waals surface area contributed by atoms with Gasteiger partial charge < -0.3 is 9.57 Å². The van der Waals surface area contributed by atoms with Gasteiger partial charge in [0.05, 0.1) is 11.1 Å². The van der Waals surface area contributed by atoms with E-state index in [0.717, 1.165) is 0 Å².